The van der Waals surface area contributed by atoms with Gasteiger partial charge in [0.15, 0.2) is 0 Å². The Balaban J connectivity index is 2.02. The highest BCUT2D eigenvalue weighted by Gasteiger charge is 2.29. The SMILES string of the molecule is CC(C)(C)OC(=O)C[C@@H](c1ccccc1)[C@@H](N=Cc1ccccc1)c1ccc(Cl)cc1. The highest BCUT2D eigenvalue weighted by molar-refractivity contribution is 6.30. The molecule has 0 unspecified atom stereocenters. The zero-order chi connectivity index (χ0) is 22.3. The van der Waals surface area contributed by atoms with Crippen LogP contribution in [-0.4, -0.2) is 17.8 Å². The van der Waals surface area contributed by atoms with Crippen LogP contribution in [-0.2, 0) is 9.53 Å². The van der Waals surface area contributed by atoms with E-state index in [1.807, 2.05) is 112 Å². The van der Waals surface area contributed by atoms with Crippen molar-refractivity contribution in [3.05, 3.63) is 107 Å². The molecule has 0 saturated heterocycles. The molecule has 0 aliphatic heterocycles. The summed E-state index contributed by atoms with van der Waals surface area (Å²) in [6, 6.07) is 27.4. The van der Waals surface area contributed by atoms with Crippen LogP contribution in [0.4, 0.5) is 0 Å². The number of hydrogen-bond acceptors (Lipinski definition) is 3. The number of esters is 1. The van der Waals surface area contributed by atoms with E-state index < -0.39 is 5.60 Å². The molecule has 0 aliphatic carbocycles. The molecular formula is C27H28ClNO2. The first-order valence-electron chi connectivity index (χ1n) is 10.4. The third-order valence-electron chi connectivity index (χ3n) is 4.81. The minimum absolute atomic E-state index is 0.183. The Morgan fingerprint density at radius 3 is 2.06 bits per heavy atom. The van der Waals surface area contributed by atoms with Gasteiger partial charge < -0.3 is 4.74 Å². The molecule has 4 heteroatoms. The second kappa shape index (κ2) is 10.4. The second-order valence-electron chi connectivity index (χ2n) is 8.49. The van der Waals surface area contributed by atoms with Crippen LogP contribution in [0.5, 0.6) is 0 Å². The minimum atomic E-state index is -0.540. The number of carbonyl (C=O) groups is 1. The molecule has 0 spiro atoms. The van der Waals surface area contributed by atoms with Crippen molar-refractivity contribution in [3.63, 3.8) is 0 Å². The van der Waals surface area contributed by atoms with E-state index in [-0.39, 0.29) is 24.3 Å². The number of nitrogens with zero attached hydrogens (tertiary/aromatic N) is 1. The van der Waals surface area contributed by atoms with Crippen molar-refractivity contribution in [2.75, 3.05) is 0 Å². The Bertz CT molecular complexity index is 993. The Morgan fingerprint density at radius 2 is 1.48 bits per heavy atom. The van der Waals surface area contributed by atoms with Gasteiger partial charge in [-0.15, -0.1) is 0 Å². The van der Waals surface area contributed by atoms with Crippen LogP contribution in [0, 0.1) is 0 Å². The number of halogens is 1. The molecule has 3 nitrogen and oxygen atoms in total. The van der Waals surface area contributed by atoms with Crippen LogP contribution in [0.15, 0.2) is 89.9 Å². The van der Waals surface area contributed by atoms with Crippen molar-refractivity contribution in [2.24, 2.45) is 4.99 Å². The fourth-order valence-corrected chi connectivity index (χ4v) is 3.59. The highest BCUT2D eigenvalue weighted by atomic mass is 35.5. The zero-order valence-corrected chi connectivity index (χ0v) is 18.9. The summed E-state index contributed by atoms with van der Waals surface area (Å²) in [6.07, 6.45) is 2.09. The Kier molecular flexibility index (Phi) is 7.64. The monoisotopic (exact) mass is 433 g/mol. The Hall–Kier alpha value is -2.91. The lowest BCUT2D eigenvalue weighted by molar-refractivity contribution is -0.155. The Morgan fingerprint density at radius 1 is 0.903 bits per heavy atom. The van der Waals surface area contributed by atoms with E-state index in [1.54, 1.807) is 0 Å². The largest absolute Gasteiger partial charge is 0.460 e. The number of aliphatic imine (C=N–C) groups is 1. The van der Waals surface area contributed by atoms with Crippen LogP contribution in [0.1, 0.15) is 55.8 Å². The Labute approximate surface area is 189 Å². The molecule has 3 aromatic rings. The fraction of sp³-hybridized carbons (Fsp3) is 0.259. The maximum Gasteiger partial charge on any atom is 0.307 e. The lowest BCUT2D eigenvalue weighted by Gasteiger charge is -2.27. The maximum absolute atomic E-state index is 12.8. The highest BCUT2D eigenvalue weighted by Crippen LogP contribution is 2.38. The van der Waals surface area contributed by atoms with Crippen molar-refractivity contribution in [1.29, 1.82) is 0 Å². The summed E-state index contributed by atoms with van der Waals surface area (Å²) in [5.74, 6) is -0.424. The van der Waals surface area contributed by atoms with Crippen molar-refractivity contribution < 1.29 is 9.53 Å². The van der Waals surface area contributed by atoms with E-state index in [2.05, 4.69) is 0 Å². The van der Waals surface area contributed by atoms with E-state index in [0.717, 1.165) is 16.7 Å². The number of hydrogen-bond donors (Lipinski definition) is 0. The van der Waals surface area contributed by atoms with E-state index >= 15 is 0 Å². The summed E-state index contributed by atoms with van der Waals surface area (Å²) in [4.78, 5) is 17.8. The molecule has 0 heterocycles. The minimum Gasteiger partial charge on any atom is -0.460 e. The molecule has 0 fully saturated rings. The molecule has 0 amide bonds. The predicted molar refractivity (Wildman–Crippen MR) is 128 cm³/mol. The van der Waals surface area contributed by atoms with E-state index in [4.69, 9.17) is 21.3 Å². The van der Waals surface area contributed by atoms with E-state index in [9.17, 15) is 4.79 Å². The first kappa shape index (κ1) is 22.8. The average molecular weight is 434 g/mol. The van der Waals surface area contributed by atoms with Crippen LogP contribution < -0.4 is 0 Å². The van der Waals surface area contributed by atoms with Gasteiger partial charge in [-0.1, -0.05) is 84.4 Å². The molecule has 3 aromatic carbocycles. The van der Waals surface area contributed by atoms with Gasteiger partial charge in [0.1, 0.15) is 5.60 Å². The smallest absolute Gasteiger partial charge is 0.307 e. The topological polar surface area (TPSA) is 38.7 Å². The molecular weight excluding hydrogens is 406 g/mol. The van der Waals surface area contributed by atoms with Crippen molar-refractivity contribution in [2.45, 2.75) is 44.8 Å². The molecule has 0 aromatic heterocycles. The lowest BCUT2D eigenvalue weighted by atomic mass is 9.85. The zero-order valence-electron chi connectivity index (χ0n) is 18.2. The number of carbonyl (C=O) groups excluding carboxylic acids is 1. The van der Waals surface area contributed by atoms with Crippen molar-refractivity contribution >= 4 is 23.8 Å². The van der Waals surface area contributed by atoms with Gasteiger partial charge in [0.25, 0.3) is 0 Å². The molecule has 0 aliphatic rings. The summed E-state index contributed by atoms with van der Waals surface area (Å²) < 4.78 is 5.65. The van der Waals surface area contributed by atoms with Crippen molar-refractivity contribution in [1.82, 2.24) is 0 Å². The summed E-state index contributed by atoms with van der Waals surface area (Å²) in [5.41, 5.74) is 2.50. The quantitative estimate of drug-likeness (QED) is 0.296. The van der Waals surface area contributed by atoms with Gasteiger partial charge in [-0.2, -0.15) is 0 Å². The molecule has 0 N–H and O–H groups in total. The molecule has 3 rings (SSSR count). The average Bonchev–Trinajstić information content (AvgIpc) is 2.74. The van der Waals surface area contributed by atoms with Crippen LogP contribution >= 0.6 is 11.6 Å². The number of benzene rings is 3. The second-order valence-corrected chi connectivity index (χ2v) is 8.93. The predicted octanol–water partition coefficient (Wildman–Crippen LogP) is 7.02. The van der Waals surface area contributed by atoms with Gasteiger partial charge in [0, 0.05) is 17.2 Å². The molecule has 0 bridgehead atoms. The molecule has 31 heavy (non-hydrogen) atoms. The molecule has 2 atom stereocenters. The van der Waals surface area contributed by atoms with Gasteiger partial charge in [-0.05, 0) is 49.6 Å². The van der Waals surface area contributed by atoms with Gasteiger partial charge in [0.05, 0.1) is 12.5 Å². The fourth-order valence-electron chi connectivity index (χ4n) is 3.46. The molecule has 0 radical (unpaired) electrons. The number of rotatable bonds is 7. The van der Waals surface area contributed by atoms with Crippen LogP contribution in [0.3, 0.4) is 0 Å². The lowest BCUT2D eigenvalue weighted by Crippen LogP contribution is -2.26. The number of ether oxygens (including phenoxy) is 1. The summed E-state index contributed by atoms with van der Waals surface area (Å²) in [7, 11) is 0. The van der Waals surface area contributed by atoms with Gasteiger partial charge >= 0.3 is 5.97 Å². The van der Waals surface area contributed by atoms with Gasteiger partial charge in [-0.25, -0.2) is 0 Å². The van der Waals surface area contributed by atoms with Crippen LogP contribution in [0.25, 0.3) is 0 Å². The van der Waals surface area contributed by atoms with Crippen LogP contribution in [0.2, 0.25) is 5.02 Å². The third kappa shape index (κ3) is 7.08. The van der Waals surface area contributed by atoms with E-state index in [1.165, 1.54) is 0 Å². The van der Waals surface area contributed by atoms with E-state index in [0.29, 0.717) is 5.02 Å². The maximum atomic E-state index is 12.8. The summed E-state index contributed by atoms with van der Waals surface area (Å²) in [6.45, 7) is 5.64. The van der Waals surface area contributed by atoms with Gasteiger partial charge in [-0.3, -0.25) is 9.79 Å². The van der Waals surface area contributed by atoms with Crippen molar-refractivity contribution in [3.8, 4) is 0 Å². The first-order valence-corrected chi connectivity index (χ1v) is 10.8. The third-order valence-corrected chi connectivity index (χ3v) is 5.06. The summed E-state index contributed by atoms with van der Waals surface area (Å²) >= 11 is 6.13. The molecule has 0 saturated carbocycles. The van der Waals surface area contributed by atoms with Gasteiger partial charge in [0.2, 0.25) is 0 Å². The normalized spacial score (nSPS) is 13.7. The standard InChI is InChI=1S/C27H28ClNO2/c1-27(2,3)31-25(30)18-24(21-12-8-5-9-13-21)26(22-14-16-23(28)17-15-22)29-19-20-10-6-4-7-11-20/h4-17,19,24,26H,18H2,1-3H3/t24-,26-/m0/s1. The molecule has 160 valence electrons. The summed E-state index contributed by atoms with van der Waals surface area (Å²) in [5, 5.41) is 0.665. The first-order chi connectivity index (χ1) is 14.8.